The molecular weight excluding hydrogens is 953 g/mol. The Kier molecular flexibility index (Phi) is 21.5. The highest BCUT2D eigenvalue weighted by Gasteiger charge is 2.40. The molecule has 5 aliphatic rings. The molecule has 6 rings (SSSR count). The topological polar surface area (TPSA) is 177 Å². The number of hydrogen-bond donors (Lipinski definition) is 0. The zero-order valence-electron chi connectivity index (χ0n) is 42.6. The maximum Gasteiger partial charge on any atom is 0.330 e. The average Bonchev–Trinajstić information content (AvgIpc) is 3.84. The molecule has 72 heavy (non-hydrogen) atoms. The standard InChI is InChI=1S/C57H74N2O11S2/c1-7-44(60)14-10-9-11-32-67-52(62)40-23-15-37(16-24-40)39-21-29-43(30-22-39)55(65)70-49-45(57(3,4)5)34-47(50-51(49)72-56(71-50)46(35-58)59-6)69-54(64)42-27-19-38(20-28-42)36-17-25-41(26-18-36)53(63)68-33-13-12-31-66-48(61)8-2/h7-8,34,36-43H,1-2,9-33H2,3-5H3/b56-46+. The van der Waals surface area contributed by atoms with E-state index in [-0.39, 0.29) is 65.6 Å². The number of fused-ring (bicyclic) bond motifs is 1. The Balaban J connectivity index is 1.01. The monoisotopic (exact) mass is 1030 g/mol. The van der Waals surface area contributed by atoms with E-state index in [1.807, 2.05) is 32.9 Å². The quantitative estimate of drug-likeness (QED) is 0.0216. The number of ether oxygens (including phenoxy) is 5. The maximum atomic E-state index is 14.2. The van der Waals surface area contributed by atoms with E-state index in [0.29, 0.717) is 113 Å². The van der Waals surface area contributed by atoms with Crippen LogP contribution in [0.1, 0.15) is 168 Å². The van der Waals surface area contributed by atoms with E-state index in [9.17, 15) is 34.0 Å². The van der Waals surface area contributed by atoms with Gasteiger partial charge in [0.25, 0.3) is 5.70 Å². The van der Waals surface area contributed by atoms with Crippen molar-refractivity contribution in [2.24, 2.45) is 47.3 Å². The van der Waals surface area contributed by atoms with Crippen molar-refractivity contribution in [3.05, 3.63) is 58.3 Å². The lowest BCUT2D eigenvalue weighted by molar-refractivity contribution is -0.151. The van der Waals surface area contributed by atoms with Crippen LogP contribution >= 0.6 is 23.5 Å². The number of carbonyl (C=O) groups is 6. The summed E-state index contributed by atoms with van der Waals surface area (Å²) < 4.78 is 29.3. The number of nitrogens with zero attached hydrogens (tertiary/aromatic N) is 2. The number of ketones is 1. The highest BCUT2D eigenvalue weighted by Crippen LogP contribution is 2.61. The van der Waals surface area contributed by atoms with Crippen molar-refractivity contribution in [3.63, 3.8) is 0 Å². The van der Waals surface area contributed by atoms with Crippen molar-refractivity contribution in [2.45, 2.75) is 177 Å². The van der Waals surface area contributed by atoms with E-state index < -0.39 is 11.4 Å². The smallest absolute Gasteiger partial charge is 0.330 e. The molecule has 0 bridgehead atoms. The van der Waals surface area contributed by atoms with Gasteiger partial charge >= 0.3 is 29.8 Å². The Hall–Kier alpha value is -4.86. The second kappa shape index (κ2) is 27.4. The molecule has 1 aromatic carbocycles. The minimum absolute atomic E-state index is 0.0390. The number of nitriles is 1. The van der Waals surface area contributed by atoms with E-state index in [1.54, 1.807) is 0 Å². The third kappa shape index (κ3) is 15.6. The Bertz CT molecular complexity index is 2240. The zero-order valence-corrected chi connectivity index (χ0v) is 44.3. The molecule has 1 aromatic rings. The maximum absolute atomic E-state index is 14.2. The van der Waals surface area contributed by atoms with Crippen molar-refractivity contribution < 1.29 is 52.5 Å². The first-order valence-electron chi connectivity index (χ1n) is 26.4. The summed E-state index contributed by atoms with van der Waals surface area (Å²) >= 11 is 2.42. The summed E-state index contributed by atoms with van der Waals surface area (Å²) in [6.07, 6.45) is 20.0. The normalized spacial score (nSPS) is 25.8. The molecule has 0 atom stereocenters. The first-order chi connectivity index (χ1) is 34.6. The third-order valence-corrected chi connectivity index (χ3v) is 18.3. The summed E-state index contributed by atoms with van der Waals surface area (Å²) in [5.41, 5.74) is 0.0909. The van der Waals surface area contributed by atoms with Crippen LogP contribution in [-0.2, 0) is 48.4 Å². The van der Waals surface area contributed by atoms with Gasteiger partial charge in [0.15, 0.2) is 5.78 Å². The van der Waals surface area contributed by atoms with Crippen LogP contribution in [0.15, 0.2) is 51.1 Å². The summed E-state index contributed by atoms with van der Waals surface area (Å²) in [7, 11) is 0. The van der Waals surface area contributed by atoms with Gasteiger partial charge < -0.3 is 23.7 Å². The van der Waals surface area contributed by atoms with E-state index >= 15 is 0 Å². The minimum Gasteiger partial charge on any atom is -0.465 e. The second-order valence-corrected chi connectivity index (χ2v) is 23.7. The zero-order chi connectivity index (χ0) is 51.8. The molecule has 0 radical (unpaired) electrons. The Morgan fingerprint density at radius 3 is 1.49 bits per heavy atom. The van der Waals surface area contributed by atoms with E-state index in [2.05, 4.69) is 18.0 Å². The summed E-state index contributed by atoms with van der Waals surface area (Å²) in [6, 6.07) is 3.82. The van der Waals surface area contributed by atoms with Crippen LogP contribution < -0.4 is 9.47 Å². The van der Waals surface area contributed by atoms with Crippen molar-refractivity contribution in [3.8, 4) is 17.6 Å². The summed E-state index contributed by atoms with van der Waals surface area (Å²) in [5.74, 6) is 0.592. The number of hydrogen-bond acceptors (Lipinski definition) is 14. The predicted octanol–water partition coefficient (Wildman–Crippen LogP) is 12.7. The molecule has 390 valence electrons. The van der Waals surface area contributed by atoms with Gasteiger partial charge in [-0.15, -0.1) is 0 Å². The molecule has 0 saturated heterocycles. The largest absolute Gasteiger partial charge is 0.465 e. The molecule has 4 fully saturated rings. The van der Waals surface area contributed by atoms with Crippen LogP contribution in [0.3, 0.4) is 0 Å². The van der Waals surface area contributed by atoms with Crippen LogP contribution in [0.2, 0.25) is 0 Å². The molecule has 4 saturated carbocycles. The van der Waals surface area contributed by atoms with E-state index in [4.69, 9.17) is 30.3 Å². The van der Waals surface area contributed by atoms with Gasteiger partial charge in [0.1, 0.15) is 11.5 Å². The second-order valence-electron chi connectivity index (χ2n) is 21.4. The van der Waals surface area contributed by atoms with Gasteiger partial charge in [-0.2, -0.15) is 0 Å². The van der Waals surface area contributed by atoms with Crippen molar-refractivity contribution in [1.29, 1.82) is 5.26 Å². The van der Waals surface area contributed by atoms with Gasteiger partial charge in [-0.05, 0) is 176 Å². The van der Waals surface area contributed by atoms with Gasteiger partial charge in [-0.1, -0.05) is 57.5 Å². The highest BCUT2D eigenvalue weighted by atomic mass is 32.2. The van der Waals surface area contributed by atoms with Gasteiger partial charge in [0, 0.05) is 18.1 Å². The van der Waals surface area contributed by atoms with E-state index in [0.717, 1.165) is 102 Å². The van der Waals surface area contributed by atoms with Crippen LogP contribution in [-0.4, -0.2) is 55.5 Å². The first-order valence-corrected chi connectivity index (χ1v) is 28.1. The highest BCUT2D eigenvalue weighted by molar-refractivity contribution is 8.24. The fourth-order valence-electron chi connectivity index (χ4n) is 11.3. The summed E-state index contributed by atoms with van der Waals surface area (Å²) in [6.45, 7) is 21.6. The van der Waals surface area contributed by atoms with Gasteiger partial charge in [-0.25, -0.2) is 14.9 Å². The van der Waals surface area contributed by atoms with E-state index in [1.165, 1.54) is 29.6 Å². The molecule has 4 aliphatic carbocycles. The summed E-state index contributed by atoms with van der Waals surface area (Å²) in [5, 5.41) is 9.89. The number of rotatable bonds is 21. The fourth-order valence-corrected chi connectivity index (χ4v) is 13.8. The fraction of sp³-hybridized carbons (Fsp3) is 0.649. The van der Waals surface area contributed by atoms with Crippen LogP contribution in [0.5, 0.6) is 11.5 Å². The number of thioether (sulfide) groups is 2. The molecule has 0 N–H and O–H groups in total. The molecule has 1 aliphatic heterocycles. The van der Waals surface area contributed by atoms with Gasteiger partial charge in [0.2, 0.25) is 0 Å². The Morgan fingerprint density at radius 2 is 1.06 bits per heavy atom. The molecule has 0 spiro atoms. The third-order valence-electron chi connectivity index (χ3n) is 15.7. The summed E-state index contributed by atoms with van der Waals surface area (Å²) in [4.78, 5) is 81.0. The molecule has 1 heterocycles. The Morgan fingerprint density at radius 1 is 0.625 bits per heavy atom. The molecule has 0 aromatic heterocycles. The molecular formula is C57H74N2O11S2. The number of carbonyl (C=O) groups excluding carboxylic acids is 6. The minimum atomic E-state index is -0.533. The number of esters is 5. The van der Waals surface area contributed by atoms with Crippen molar-refractivity contribution in [2.75, 3.05) is 19.8 Å². The molecule has 0 unspecified atom stereocenters. The average molecular weight is 1030 g/mol. The lowest BCUT2D eigenvalue weighted by atomic mass is 9.69. The van der Waals surface area contributed by atoms with Crippen molar-refractivity contribution in [1.82, 2.24) is 0 Å². The van der Waals surface area contributed by atoms with Gasteiger partial charge in [-0.3, -0.25) is 24.0 Å². The Labute approximate surface area is 435 Å². The first kappa shape index (κ1) is 56.4. The SMILES string of the molecule is [C-]#[N+]/C(C#N)=C1\Sc2c(OC(=O)C3CCC(C4CCC(C(=O)OCCCCOC(=O)C=C)CC4)CC3)cc(C(C)(C)C)c(OC(=O)C3CCC(C4CCC(C(=O)OCCCCCC(=O)C=C)CC4)CC3)c2S1. The van der Waals surface area contributed by atoms with Gasteiger partial charge in [0.05, 0.1) is 70.2 Å². The van der Waals surface area contributed by atoms with Crippen LogP contribution in [0, 0.1) is 65.2 Å². The lowest BCUT2D eigenvalue weighted by Gasteiger charge is -2.37. The number of allylic oxidation sites excluding steroid dienone is 2. The van der Waals surface area contributed by atoms with Crippen LogP contribution in [0.4, 0.5) is 0 Å². The molecule has 15 heteroatoms. The van der Waals surface area contributed by atoms with Crippen molar-refractivity contribution >= 4 is 59.2 Å². The van der Waals surface area contributed by atoms with Crippen LogP contribution in [0.25, 0.3) is 4.85 Å². The molecule has 13 nitrogen and oxygen atoms in total. The lowest BCUT2D eigenvalue weighted by Crippen LogP contribution is -2.32. The molecule has 0 amide bonds. The number of benzene rings is 1. The predicted molar refractivity (Wildman–Crippen MR) is 275 cm³/mol. The number of unbranched alkanes of at least 4 members (excludes halogenated alkanes) is 3.